The molecule has 0 amide bonds. The van der Waals surface area contributed by atoms with Crippen molar-refractivity contribution in [3.05, 3.63) is 11.6 Å². The third-order valence-electron chi connectivity index (χ3n) is 0.924. The highest BCUT2D eigenvalue weighted by Crippen LogP contribution is 1.94. The lowest BCUT2D eigenvalue weighted by Gasteiger charge is -1.96. The number of oxime groups is 1. The fraction of sp³-hybridized carbons (Fsp3) is 0.286. The summed E-state index contributed by atoms with van der Waals surface area (Å²) in [7, 11) is 0. The van der Waals surface area contributed by atoms with Crippen LogP contribution in [0.5, 0.6) is 0 Å². The van der Waals surface area contributed by atoms with Gasteiger partial charge in [0.2, 0.25) is 0 Å². The van der Waals surface area contributed by atoms with Crippen LogP contribution in [0, 0.1) is 11.3 Å². The van der Waals surface area contributed by atoms with Crippen LogP contribution in [0.1, 0.15) is 6.92 Å². The Bertz CT molecular complexity index is 250. The summed E-state index contributed by atoms with van der Waals surface area (Å²) < 4.78 is 4.52. The minimum absolute atomic E-state index is 0.199. The molecule has 0 saturated heterocycles. The molecular weight excluding hydrogens is 160 g/mol. The minimum Gasteiger partial charge on any atom is -0.462 e. The van der Waals surface area contributed by atoms with Gasteiger partial charge < -0.3 is 9.94 Å². The van der Waals surface area contributed by atoms with E-state index in [1.54, 1.807) is 13.0 Å². The molecular formula is C7H8N2O3. The van der Waals surface area contributed by atoms with Crippen molar-refractivity contribution < 1.29 is 14.7 Å². The Hall–Kier alpha value is -1.83. The average Bonchev–Trinajstić information content (AvgIpc) is 2.06. The molecule has 0 aliphatic rings. The highest BCUT2D eigenvalue weighted by Gasteiger charge is 2.07. The third kappa shape index (κ3) is 3.37. The lowest BCUT2D eigenvalue weighted by atomic mass is 10.3. The summed E-state index contributed by atoms with van der Waals surface area (Å²) >= 11 is 0. The van der Waals surface area contributed by atoms with Crippen LogP contribution in [0.15, 0.2) is 16.8 Å². The molecule has 0 heterocycles. The van der Waals surface area contributed by atoms with Gasteiger partial charge in [0.25, 0.3) is 0 Å². The minimum atomic E-state index is -0.722. The Morgan fingerprint density at radius 3 is 2.92 bits per heavy atom. The maximum atomic E-state index is 10.8. The number of rotatable bonds is 3. The van der Waals surface area contributed by atoms with E-state index in [1.807, 2.05) is 0 Å². The molecule has 0 aliphatic heterocycles. The van der Waals surface area contributed by atoms with E-state index >= 15 is 0 Å². The second kappa shape index (κ2) is 5.92. The molecule has 0 atom stereocenters. The highest BCUT2D eigenvalue weighted by molar-refractivity contribution is 5.97. The van der Waals surface area contributed by atoms with Crippen molar-refractivity contribution in [3.63, 3.8) is 0 Å². The van der Waals surface area contributed by atoms with Gasteiger partial charge in [-0.2, -0.15) is 5.26 Å². The molecule has 0 aromatic rings. The van der Waals surface area contributed by atoms with Crippen LogP contribution in [0.3, 0.4) is 0 Å². The highest BCUT2D eigenvalue weighted by atomic mass is 16.5. The second-order valence-corrected chi connectivity index (χ2v) is 1.68. The molecule has 0 aromatic heterocycles. The first-order valence-electron chi connectivity index (χ1n) is 3.21. The molecule has 0 saturated carbocycles. The Morgan fingerprint density at radius 2 is 2.50 bits per heavy atom. The number of esters is 1. The first-order valence-corrected chi connectivity index (χ1v) is 3.21. The van der Waals surface area contributed by atoms with Gasteiger partial charge in [0, 0.05) is 0 Å². The van der Waals surface area contributed by atoms with E-state index in [1.165, 1.54) is 0 Å². The summed E-state index contributed by atoms with van der Waals surface area (Å²) in [6.07, 6.45) is 1.99. The molecule has 1 N–H and O–H groups in total. The molecule has 0 aromatic carbocycles. The standard InChI is InChI=1S/C7H8N2O3/c1-2-12-7(10)6(5-8)3-4-9-11/h3-4,11H,2H2,1H3/b6-3+,9-4+. The normalized spacial score (nSPS) is 11.2. The second-order valence-electron chi connectivity index (χ2n) is 1.68. The Labute approximate surface area is 69.6 Å². The summed E-state index contributed by atoms with van der Waals surface area (Å²) in [5.74, 6) is -0.722. The van der Waals surface area contributed by atoms with Crippen molar-refractivity contribution in [1.82, 2.24) is 0 Å². The molecule has 64 valence electrons. The monoisotopic (exact) mass is 168 g/mol. The molecule has 5 heteroatoms. The first-order chi connectivity index (χ1) is 5.76. The van der Waals surface area contributed by atoms with Crippen molar-refractivity contribution in [2.45, 2.75) is 6.92 Å². The van der Waals surface area contributed by atoms with Crippen molar-refractivity contribution in [2.75, 3.05) is 6.61 Å². The Balaban J connectivity index is 4.37. The van der Waals surface area contributed by atoms with Crippen molar-refractivity contribution in [1.29, 1.82) is 5.26 Å². The topological polar surface area (TPSA) is 82.7 Å². The largest absolute Gasteiger partial charge is 0.462 e. The van der Waals surface area contributed by atoms with E-state index in [4.69, 9.17) is 10.5 Å². The molecule has 0 rings (SSSR count). The molecule has 0 aliphatic carbocycles. The Morgan fingerprint density at radius 1 is 1.83 bits per heavy atom. The van der Waals surface area contributed by atoms with E-state index in [9.17, 15) is 4.79 Å². The third-order valence-corrected chi connectivity index (χ3v) is 0.924. The number of nitrogens with zero attached hydrogens (tertiary/aromatic N) is 2. The van der Waals surface area contributed by atoms with Gasteiger partial charge >= 0.3 is 5.97 Å². The van der Waals surface area contributed by atoms with E-state index in [-0.39, 0.29) is 12.2 Å². The van der Waals surface area contributed by atoms with Gasteiger partial charge in [0.15, 0.2) is 0 Å². The zero-order chi connectivity index (χ0) is 9.40. The lowest BCUT2D eigenvalue weighted by Crippen LogP contribution is -2.06. The van der Waals surface area contributed by atoms with E-state index in [0.29, 0.717) is 0 Å². The number of carbonyl (C=O) groups excluding carboxylic acids is 1. The van der Waals surface area contributed by atoms with E-state index in [2.05, 4.69) is 9.89 Å². The van der Waals surface area contributed by atoms with Crippen LogP contribution < -0.4 is 0 Å². The van der Waals surface area contributed by atoms with Crippen molar-refractivity contribution >= 4 is 12.2 Å². The molecule has 0 fully saturated rings. The van der Waals surface area contributed by atoms with Gasteiger partial charge in [-0.1, -0.05) is 5.16 Å². The number of ether oxygens (including phenoxy) is 1. The van der Waals surface area contributed by atoms with Gasteiger partial charge in [-0.05, 0) is 13.0 Å². The number of allylic oxidation sites excluding steroid dienone is 1. The number of nitriles is 1. The Kier molecular flexibility index (Phi) is 5.02. The van der Waals surface area contributed by atoms with Crippen LogP contribution in [0.25, 0.3) is 0 Å². The molecule has 0 bridgehead atoms. The van der Waals surface area contributed by atoms with Gasteiger partial charge in [0.1, 0.15) is 11.6 Å². The predicted molar refractivity (Wildman–Crippen MR) is 40.6 cm³/mol. The van der Waals surface area contributed by atoms with E-state index in [0.717, 1.165) is 12.3 Å². The maximum absolute atomic E-state index is 10.8. The maximum Gasteiger partial charge on any atom is 0.348 e. The summed E-state index contributed by atoms with van der Waals surface area (Å²) in [4.78, 5) is 10.8. The predicted octanol–water partition coefficient (Wildman–Crippen LogP) is 0.459. The first kappa shape index (κ1) is 10.2. The van der Waals surface area contributed by atoms with Crippen LogP contribution in [0.2, 0.25) is 0 Å². The van der Waals surface area contributed by atoms with Gasteiger partial charge in [-0.3, -0.25) is 0 Å². The summed E-state index contributed by atoms with van der Waals surface area (Å²) in [6, 6.07) is 1.61. The van der Waals surface area contributed by atoms with Gasteiger partial charge in [-0.15, -0.1) is 0 Å². The number of hydrogen-bond donors (Lipinski definition) is 1. The van der Waals surface area contributed by atoms with E-state index < -0.39 is 5.97 Å². The van der Waals surface area contributed by atoms with Crippen LogP contribution in [0.4, 0.5) is 0 Å². The summed E-state index contributed by atoms with van der Waals surface area (Å²) in [5, 5.41) is 19.0. The lowest BCUT2D eigenvalue weighted by molar-refractivity contribution is -0.138. The molecule has 0 unspecified atom stereocenters. The van der Waals surface area contributed by atoms with Gasteiger partial charge in [0.05, 0.1) is 12.8 Å². The number of carbonyl (C=O) groups is 1. The summed E-state index contributed by atoms with van der Waals surface area (Å²) in [5.41, 5.74) is -0.199. The molecule has 0 radical (unpaired) electrons. The molecule has 12 heavy (non-hydrogen) atoms. The fourth-order valence-corrected chi connectivity index (χ4v) is 0.468. The van der Waals surface area contributed by atoms with Gasteiger partial charge in [-0.25, -0.2) is 4.79 Å². The fourth-order valence-electron chi connectivity index (χ4n) is 0.468. The average molecular weight is 168 g/mol. The van der Waals surface area contributed by atoms with Crippen LogP contribution in [-0.2, 0) is 9.53 Å². The van der Waals surface area contributed by atoms with Crippen LogP contribution >= 0.6 is 0 Å². The quantitative estimate of drug-likeness (QED) is 0.166. The SMILES string of the molecule is CCOC(=O)/C(C#N)=C/C=N/O. The van der Waals surface area contributed by atoms with Crippen molar-refractivity contribution in [3.8, 4) is 6.07 Å². The smallest absolute Gasteiger partial charge is 0.348 e. The summed E-state index contributed by atoms with van der Waals surface area (Å²) in [6.45, 7) is 1.83. The molecule has 0 spiro atoms. The van der Waals surface area contributed by atoms with Crippen LogP contribution in [-0.4, -0.2) is 24.0 Å². The number of hydrogen-bond acceptors (Lipinski definition) is 5. The van der Waals surface area contributed by atoms with Crippen molar-refractivity contribution in [2.24, 2.45) is 5.16 Å². The zero-order valence-electron chi connectivity index (χ0n) is 6.52. The molecule has 5 nitrogen and oxygen atoms in total. The zero-order valence-corrected chi connectivity index (χ0v) is 6.52.